The highest BCUT2D eigenvalue weighted by atomic mass is 19.1. The maximum absolute atomic E-state index is 14.2. The van der Waals surface area contributed by atoms with Crippen molar-refractivity contribution in [2.75, 3.05) is 18.0 Å². The molecule has 110 valence electrons. The molecule has 0 bridgehead atoms. The number of nitrogens with zero attached hydrogens (tertiary/aromatic N) is 1. The summed E-state index contributed by atoms with van der Waals surface area (Å²) in [6.45, 7) is 10.2. The number of nitrogens with two attached hydrogens (primary N) is 1. The van der Waals surface area contributed by atoms with Crippen LogP contribution in [0.3, 0.4) is 0 Å². The molecule has 1 heterocycles. The van der Waals surface area contributed by atoms with Crippen LogP contribution in [0.25, 0.3) is 0 Å². The molecule has 1 atom stereocenters. The summed E-state index contributed by atoms with van der Waals surface area (Å²) in [5.74, 6) is -0.174. The number of hydrogen-bond donors (Lipinski definition) is 1. The van der Waals surface area contributed by atoms with Crippen molar-refractivity contribution in [3.63, 3.8) is 0 Å². The van der Waals surface area contributed by atoms with Crippen LogP contribution in [-0.2, 0) is 0 Å². The van der Waals surface area contributed by atoms with E-state index in [1.165, 1.54) is 5.57 Å². The van der Waals surface area contributed by atoms with E-state index in [0.29, 0.717) is 5.69 Å². The van der Waals surface area contributed by atoms with Crippen molar-refractivity contribution >= 4 is 5.69 Å². The predicted octanol–water partition coefficient (Wildman–Crippen LogP) is 4.03. The summed E-state index contributed by atoms with van der Waals surface area (Å²) in [5, 5.41) is 0. The second kappa shape index (κ2) is 5.57. The van der Waals surface area contributed by atoms with Crippen LogP contribution in [0.2, 0.25) is 0 Å². The van der Waals surface area contributed by atoms with Gasteiger partial charge in [0.25, 0.3) is 0 Å². The van der Waals surface area contributed by atoms with Crippen molar-refractivity contribution in [3.8, 4) is 0 Å². The van der Waals surface area contributed by atoms with E-state index in [9.17, 15) is 4.39 Å². The molecule has 1 aromatic rings. The van der Waals surface area contributed by atoms with Crippen LogP contribution in [0.5, 0.6) is 0 Å². The van der Waals surface area contributed by atoms with E-state index >= 15 is 0 Å². The van der Waals surface area contributed by atoms with Crippen LogP contribution in [-0.4, -0.2) is 13.1 Å². The van der Waals surface area contributed by atoms with Crippen molar-refractivity contribution in [1.82, 2.24) is 0 Å². The SMILES string of the molecule is CC(N)c1ccc(N2CC=C(C(C)(C)C)CC2)c(F)c1. The second-order valence-electron chi connectivity index (χ2n) is 6.67. The number of rotatable bonds is 2. The maximum Gasteiger partial charge on any atom is 0.146 e. The van der Waals surface area contributed by atoms with Crippen molar-refractivity contribution in [2.24, 2.45) is 11.1 Å². The molecule has 0 aromatic heterocycles. The van der Waals surface area contributed by atoms with Gasteiger partial charge in [0.05, 0.1) is 5.69 Å². The first-order valence-electron chi connectivity index (χ1n) is 7.28. The molecule has 1 aromatic carbocycles. The summed E-state index contributed by atoms with van der Waals surface area (Å²) in [4.78, 5) is 2.09. The molecule has 0 saturated carbocycles. The van der Waals surface area contributed by atoms with Crippen molar-refractivity contribution in [3.05, 3.63) is 41.2 Å². The normalized spacial score (nSPS) is 17.9. The highest BCUT2D eigenvalue weighted by Gasteiger charge is 2.22. The van der Waals surface area contributed by atoms with Crippen LogP contribution in [0.15, 0.2) is 29.8 Å². The molecule has 0 radical (unpaired) electrons. The fourth-order valence-electron chi connectivity index (χ4n) is 2.63. The average molecular weight is 276 g/mol. The summed E-state index contributed by atoms with van der Waals surface area (Å²) < 4.78 is 14.2. The summed E-state index contributed by atoms with van der Waals surface area (Å²) >= 11 is 0. The van der Waals surface area contributed by atoms with Gasteiger partial charge >= 0.3 is 0 Å². The third-order valence-corrected chi connectivity index (χ3v) is 4.01. The molecule has 0 fully saturated rings. The van der Waals surface area contributed by atoms with Gasteiger partial charge in [-0.2, -0.15) is 0 Å². The molecule has 1 aliphatic heterocycles. The zero-order valence-corrected chi connectivity index (χ0v) is 12.9. The second-order valence-corrected chi connectivity index (χ2v) is 6.67. The smallest absolute Gasteiger partial charge is 0.146 e. The fourth-order valence-corrected chi connectivity index (χ4v) is 2.63. The predicted molar refractivity (Wildman–Crippen MR) is 83.4 cm³/mol. The van der Waals surface area contributed by atoms with Crippen molar-refractivity contribution in [2.45, 2.75) is 40.2 Å². The van der Waals surface area contributed by atoms with E-state index in [4.69, 9.17) is 5.73 Å². The van der Waals surface area contributed by atoms with Gasteiger partial charge in [-0.25, -0.2) is 4.39 Å². The van der Waals surface area contributed by atoms with E-state index < -0.39 is 0 Å². The van der Waals surface area contributed by atoms with Gasteiger partial charge in [-0.05, 0) is 36.5 Å². The van der Waals surface area contributed by atoms with Gasteiger partial charge in [-0.3, -0.25) is 0 Å². The molecule has 3 heteroatoms. The zero-order valence-electron chi connectivity index (χ0n) is 12.9. The lowest BCUT2D eigenvalue weighted by Gasteiger charge is -2.33. The number of anilines is 1. The molecule has 0 spiro atoms. The minimum atomic E-state index is -0.174. The Kier molecular flexibility index (Phi) is 4.19. The number of halogens is 1. The quantitative estimate of drug-likeness (QED) is 0.826. The number of hydrogen-bond acceptors (Lipinski definition) is 2. The summed E-state index contributed by atoms with van der Waals surface area (Å²) in [5.41, 5.74) is 8.98. The van der Waals surface area contributed by atoms with Gasteiger partial charge in [-0.1, -0.05) is 38.5 Å². The van der Waals surface area contributed by atoms with Gasteiger partial charge in [0.15, 0.2) is 0 Å². The Morgan fingerprint density at radius 3 is 2.45 bits per heavy atom. The lowest BCUT2D eigenvalue weighted by molar-refractivity contribution is 0.471. The summed E-state index contributed by atoms with van der Waals surface area (Å²) in [7, 11) is 0. The maximum atomic E-state index is 14.2. The van der Waals surface area contributed by atoms with E-state index in [0.717, 1.165) is 25.1 Å². The van der Waals surface area contributed by atoms with Crippen LogP contribution >= 0.6 is 0 Å². The molecule has 0 saturated heterocycles. The van der Waals surface area contributed by atoms with Crippen LogP contribution < -0.4 is 10.6 Å². The Morgan fingerprint density at radius 1 is 1.30 bits per heavy atom. The first-order valence-corrected chi connectivity index (χ1v) is 7.28. The van der Waals surface area contributed by atoms with Gasteiger partial charge < -0.3 is 10.6 Å². The molecular formula is C17H25FN2. The first kappa shape index (κ1) is 15.0. The van der Waals surface area contributed by atoms with Crippen molar-refractivity contribution < 1.29 is 4.39 Å². The molecule has 0 aliphatic carbocycles. The Morgan fingerprint density at radius 2 is 2.00 bits per heavy atom. The summed E-state index contributed by atoms with van der Waals surface area (Å²) in [6, 6.07) is 5.20. The standard InChI is InChI=1S/C17H25FN2/c1-12(19)13-5-6-16(15(18)11-13)20-9-7-14(8-10-20)17(2,3)4/h5-7,11-12H,8-10,19H2,1-4H3. The topological polar surface area (TPSA) is 29.3 Å². The minimum Gasteiger partial charge on any atom is -0.365 e. The molecule has 20 heavy (non-hydrogen) atoms. The highest BCUT2D eigenvalue weighted by Crippen LogP contribution is 2.32. The zero-order chi connectivity index (χ0) is 14.9. The largest absolute Gasteiger partial charge is 0.365 e. The van der Waals surface area contributed by atoms with Gasteiger partial charge in [0.2, 0.25) is 0 Å². The third kappa shape index (κ3) is 3.21. The lowest BCUT2D eigenvalue weighted by Crippen LogP contribution is -2.31. The van der Waals surface area contributed by atoms with E-state index in [-0.39, 0.29) is 17.3 Å². The van der Waals surface area contributed by atoms with Gasteiger partial charge in [-0.15, -0.1) is 0 Å². The van der Waals surface area contributed by atoms with Crippen LogP contribution in [0.1, 0.15) is 45.7 Å². The van der Waals surface area contributed by atoms with Crippen molar-refractivity contribution in [1.29, 1.82) is 0 Å². The lowest BCUT2D eigenvalue weighted by atomic mass is 9.83. The Hall–Kier alpha value is -1.35. The average Bonchev–Trinajstić information content (AvgIpc) is 2.37. The Labute approximate surface area is 121 Å². The first-order chi connectivity index (χ1) is 9.29. The Balaban J connectivity index is 2.17. The van der Waals surface area contributed by atoms with E-state index in [1.54, 1.807) is 6.07 Å². The van der Waals surface area contributed by atoms with Crippen LogP contribution in [0, 0.1) is 11.2 Å². The third-order valence-electron chi connectivity index (χ3n) is 4.01. The molecule has 1 aliphatic rings. The minimum absolute atomic E-state index is 0.132. The highest BCUT2D eigenvalue weighted by molar-refractivity contribution is 5.51. The molecule has 2 nitrogen and oxygen atoms in total. The van der Waals surface area contributed by atoms with E-state index in [2.05, 4.69) is 31.7 Å². The van der Waals surface area contributed by atoms with E-state index in [1.807, 2.05) is 19.1 Å². The monoisotopic (exact) mass is 276 g/mol. The molecule has 2 N–H and O–H groups in total. The van der Waals surface area contributed by atoms with Gasteiger partial charge in [0.1, 0.15) is 5.82 Å². The summed E-state index contributed by atoms with van der Waals surface area (Å²) in [6.07, 6.45) is 3.24. The molecule has 0 amide bonds. The molecule has 2 rings (SSSR count). The molecule has 1 unspecified atom stereocenters. The fraction of sp³-hybridized carbons (Fsp3) is 0.529. The molecular weight excluding hydrogens is 251 g/mol. The van der Waals surface area contributed by atoms with Gasteiger partial charge in [0, 0.05) is 19.1 Å². The Bertz CT molecular complexity index is 512. The van der Waals surface area contributed by atoms with Crippen LogP contribution in [0.4, 0.5) is 10.1 Å². The number of benzene rings is 1.